The second-order valence-electron chi connectivity index (χ2n) is 9.42. The monoisotopic (exact) mass is 546 g/mol. The standard InChI is InChI=1S/C31H28F6O2/c1-38-15-14-22-17-28(32)27(29(33)18-22)13-6-21-5-12-26-24(16-21)9-8-23(30(26)34)7-2-20-3-10-25(11-4-20)39-19-31(35,36)37/h3-5,8-12,16-18H,2,6-7,13-15,19H2,1H3. The van der Waals surface area contributed by atoms with Gasteiger partial charge in [0, 0.05) is 18.1 Å². The van der Waals surface area contributed by atoms with Gasteiger partial charge in [0.2, 0.25) is 0 Å². The van der Waals surface area contributed by atoms with Gasteiger partial charge in [-0.3, -0.25) is 0 Å². The molecule has 4 aromatic carbocycles. The molecule has 4 aromatic rings. The van der Waals surface area contributed by atoms with Crippen molar-refractivity contribution in [3.05, 3.63) is 112 Å². The van der Waals surface area contributed by atoms with Crippen molar-refractivity contribution < 1.29 is 35.8 Å². The highest BCUT2D eigenvalue weighted by atomic mass is 19.4. The quantitative estimate of drug-likeness (QED) is 0.178. The fraction of sp³-hybridized carbons (Fsp3) is 0.290. The predicted molar refractivity (Wildman–Crippen MR) is 139 cm³/mol. The zero-order valence-corrected chi connectivity index (χ0v) is 21.4. The smallest absolute Gasteiger partial charge is 0.422 e. The summed E-state index contributed by atoms with van der Waals surface area (Å²) in [6.45, 7) is -0.975. The summed E-state index contributed by atoms with van der Waals surface area (Å²) in [7, 11) is 1.53. The van der Waals surface area contributed by atoms with E-state index in [1.807, 2.05) is 12.1 Å². The lowest BCUT2D eigenvalue weighted by molar-refractivity contribution is -0.153. The van der Waals surface area contributed by atoms with Crippen LogP contribution in [0.5, 0.6) is 5.75 Å². The summed E-state index contributed by atoms with van der Waals surface area (Å²) in [6, 6.07) is 17.7. The largest absolute Gasteiger partial charge is 0.484 e. The number of aryl methyl sites for hydroxylation is 3. The fourth-order valence-corrected chi connectivity index (χ4v) is 4.46. The molecule has 8 heteroatoms. The van der Waals surface area contributed by atoms with Crippen LogP contribution in [0.1, 0.15) is 27.8 Å². The maximum atomic E-state index is 15.2. The summed E-state index contributed by atoms with van der Waals surface area (Å²) in [6.07, 6.45) is -2.50. The number of halogens is 6. The number of hydrogen-bond acceptors (Lipinski definition) is 2. The van der Waals surface area contributed by atoms with E-state index in [4.69, 9.17) is 9.47 Å². The lowest BCUT2D eigenvalue weighted by Gasteiger charge is -2.11. The van der Waals surface area contributed by atoms with Gasteiger partial charge in [0.25, 0.3) is 0 Å². The third-order valence-electron chi connectivity index (χ3n) is 6.57. The Morgan fingerprint density at radius 2 is 1.33 bits per heavy atom. The molecule has 4 rings (SSSR count). The SMILES string of the molecule is COCCc1cc(F)c(CCc2ccc3c(F)c(CCc4ccc(OCC(F)(F)F)cc4)ccc3c2)c(F)c1. The maximum Gasteiger partial charge on any atom is 0.422 e. The predicted octanol–water partition coefficient (Wildman–Crippen LogP) is 7.96. The number of benzene rings is 4. The van der Waals surface area contributed by atoms with Crippen LogP contribution >= 0.6 is 0 Å². The van der Waals surface area contributed by atoms with Crippen LogP contribution in [-0.2, 0) is 36.8 Å². The number of hydrogen-bond donors (Lipinski definition) is 0. The number of ether oxygens (including phenoxy) is 2. The van der Waals surface area contributed by atoms with E-state index in [0.29, 0.717) is 54.2 Å². The van der Waals surface area contributed by atoms with Crippen molar-refractivity contribution in [2.24, 2.45) is 0 Å². The molecule has 0 atom stereocenters. The zero-order chi connectivity index (χ0) is 28.0. The van der Waals surface area contributed by atoms with Gasteiger partial charge in [-0.2, -0.15) is 13.2 Å². The molecule has 206 valence electrons. The topological polar surface area (TPSA) is 18.5 Å². The van der Waals surface area contributed by atoms with Crippen LogP contribution in [0.3, 0.4) is 0 Å². The number of fused-ring (bicyclic) bond motifs is 1. The molecule has 0 saturated heterocycles. The molecule has 0 amide bonds. The molecule has 0 bridgehead atoms. The molecule has 2 nitrogen and oxygen atoms in total. The Balaban J connectivity index is 1.39. The van der Waals surface area contributed by atoms with E-state index < -0.39 is 24.4 Å². The fourth-order valence-electron chi connectivity index (χ4n) is 4.46. The van der Waals surface area contributed by atoms with E-state index in [1.54, 1.807) is 30.3 Å². The van der Waals surface area contributed by atoms with Crippen LogP contribution < -0.4 is 4.74 Å². The molecule has 0 spiro atoms. The first kappa shape index (κ1) is 28.5. The first-order chi connectivity index (χ1) is 18.6. The van der Waals surface area contributed by atoms with Gasteiger partial charge in [-0.05, 0) is 84.0 Å². The van der Waals surface area contributed by atoms with Crippen LogP contribution in [0, 0.1) is 17.5 Å². The summed E-state index contributed by atoms with van der Waals surface area (Å²) in [5.74, 6) is -1.39. The average Bonchev–Trinajstić information content (AvgIpc) is 2.90. The summed E-state index contributed by atoms with van der Waals surface area (Å²) in [4.78, 5) is 0. The van der Waals surface area contributed by atoms with Crippen LogP contribution in [0.2, 0.25) is 0 Å². The van der Waals surface area contributed by atoms with Crippen LogP contribution in [0.25, 0.3) is 10.8 Å². The molecule has 0 unspecified atom stereocenters. The molecule has 0 aliphatic rings. The average molecular weight is 547 g/mol. The van der Waals surface area contributed by atoms with Crippen molar-refractivity contribution in [3.63, 3.8) is 0 Å². The molecule has 0 fully saturated rings. The van der Waals surface area contributed by atoms with Gasteiger partial charge in [0.15, 0.2) is 6.61 Å². The van der Waals surface area contributed by atoms with E-state index >= 15 is 4.39 Å². The van der Waals surface area contributed by atoms with Crippen LogP contribution in [0.4, 0.5) is 26.3 Å². The summed E-state index contributed by atoms with van der Waals surface area (Å²) < 4.78 is 90.8. The first-order valence-corrected chi connectivity index (χ1v) is 12.6. The molecule has 0 aliphatic heterocycles. The summed E-state index contributed by atoms with van der Waals surface area (Å²) in [5, 5.41) is 1.14. The van der Waals surface area contributed by atoms with Gasteiger partial charge >= 0.3 is 6.18 Å². The molecular formula is C31H28F6O2. The van der Waals surface area contributed by atoms with E-state index in [9.17, 15) is 22.0 Å². The third kappa shape index (κ3) is 7.76. The van der Waals surface area contributed by atoms with Crippen molar-refractivity contribution in [2.75, 3.05) is 20.3 Å². The summed E-state index contributed by atoms with van der Waals surface area (Å²) in [5.41, 5.74) is 2.77. The zero-order valence-electron chi connectivity index (χ0n) is 21.4. The van der Waals surface area contributed by atoms with Crippen molar-refractivity contribution in [3.8, 4) is 5.75 Å². The van der Waals surface area contributed by atoms with Crippen molar-refractivity contribution in [1.29, 1.82) is 0 Å². The third-order valence-corrected chi connectivity index (χ3v) is 6.57. The molecule has 39 heavy (non-hydrogen) atoms. The van der Waals surface area contributed by atoms with Gasteiger partial charge < -0.3 is 9.47 Å². The molecule has 0 heterocycles. The number of methoxy groups -OCH3 is 1. The minimum absolute atomic E-state index is 0.0257. The van der Waals surface area contributed by atoms with E-state index in [0.717, 1.165) is 11.1 Å². The second kappa shape index (κ2) is 12.6. The van der Waals surface area contributed by atoms with Gasteiger partial charge in [0.05, 0.1) is 6.61 Å². The minimum Gasteiger partial charge on any atom is -0.484 e. The van der Waals surface area contributed by atoms with Gasteiger partial charge in [-0.25, -0.2) is 13.2 Å². The minimum atomic E-state index is -4.40. The normalized spacial score (nSPS) is 11.8. The molecule has 0 aromatic heterocycles. The van der Waals surface area contributed by atoms with Gasteiger partial charge in [-0.1, -0.05) is 42.5 Å². The van der Waals surface area contributed by atoms with Crippen molar-refractivity contribution in [2.45, 2.75) is 38.3 Å². The Hall–Kier alpha value is -3.52. The Morgan fingerprint density at radius 1 is 0.667 bits per heavy atom. The Bertz CT molecular complexity index is 1390. The maximum absolute atomic E-state index is 15.2. The molecule has 0 radical (unpaired) electrons. The van der Waals surface area contributed by atoms with E-state index in [-0.39, 0.29) is 23.6 Å². The lowest BCUT2D eigenvalue weighted by atomic mass is 9.96. The number of alkyl halides is 3. The Labute approximate surface area is 223 Å². The van der Waals surface area contributed by atoms with E-state index in [1.165, 1.54) is 31.4 Å². The molecule has 0 saturated carbocycles. The molecule has 0 N–H and O–H groups in total. The van der Waals surface area contributed by atoms with Crippen LogP contribution in [0.15, 0.2) is 66.7 Å². The molecular weight excluding hydrogens is 518 g/mol. The highest BCUT2D eigenvalue weighted by molar-refractivity contribution is 5.84. The number of rotatable bonds is 11. The Morgan fingerprint density at radius 3 is 2.00 bits per heavy atom. The van der Waals surface area contributed by atoms with E-state index in [2.05, 4.69) is 0 Å². The second-order valence-corrected chi connectivity index (χ2v) is 9.42. The lowest BCUT2D eigenvalue weighted by Crippen LogP contribution is -2.19. The van der Waals surface area contributed by atoms with Crippen molar-refractivity contribution >= 4 is 10.8 Å². The molecule has 0 aliphatic carbocycles. The van der Waals surface area contributed by atoms with Crippen molar-refractivity contribution in [1.82, 2.24) is 0 Å². The highest BCUT2D eigenvalue weighted by Crippen LogP contribution is 2.26. The summed E-state index contributed by atoms with van der Waals surface area (Å²) >= 11 is 0. The first-order valence-electron chi connectivity index (χ1n) is 12.6. The van der Waals surface area contributed by atoms with Gasteiger partial charge in [0.1, 0.15) is 23.2 Å². The van der Waals surface area contributed by atoms with Crippen LogP contribution in [-0.4, -0.2) is 26.5 Å². The highest BCUT2D eigenvalue weighted by Gasteiger charge is 2.28. The Kier molecular flexibility index (Phi) is 9.17. The van der Waals surface area contributed by atoms with Gasteiger partial charge in [-0.15, -0.1) is 0 Å².